The average molecular weight is 824 g/mol. The van der Waals surface area contributed by atoms with Gasteiger partial charge in [0.2, 0.25) is 17.8 Å². The number of aromatic nitrogens is 2. The number of rotatable bonds is 29. The molecule has 18 heteroatoms. The molecule has 0 aliphatic rings. The molecule has 332 valence electrons. The van der Waals surface area contributed by atoms with Gasteiger partial charge in [-0.25, -0.2) is 19.4 Å². The van der Waals surface area contributed by atoms with Crippen LogP contribution in [0.15, 0.2) is 10.9 Å². The van der Waals surface area contributed by atoms with E-state index < -0.39 is 29.2 Å². The SMILES string of the molecule is CCC(C)(CCOC(=O)NCC(C)(C)CCC(C)(C)CNC(=O)NCCCCCCNC(=O)Nc1nc(C)cc(=O)[nH]1)OCCC(C)(C)OCCC(=O)NCC(N)=O. The van der Waals surface area contributed by atoms with Crippen molar-refractivity contribution in [3.8, 4) is 0 Å². The number of carbonyl (C=O) groups excluding carboxylic acids is 5. The summed E-state index contributed by atoms with van der Waals surface area (Å²) in [5.74, 6) is -0.802. The number of unbranched alkanes of at least 4 members (excludes halogenated alkanes) is 3. The van der Waals surface area contributed by atoms with Crippen LogP contribution in [-0.2, 0) is 23.8 Å². The average Bonchev–Trinajstić information content (AvgIpc) is 3.12. The van der Waals surface area contributed by atoms with Crippen LogP contribution in [0.1, 0.15) is 125 Å². The Bertz CT molecular complexity index is 1500. The van der Waals surface area contributed by atoms with E-state index in [-0.39, 0.29) is 60.5 Å². The van der Waals surface area contributed by atoms with Crippen molar-refractivity contribution in [3.05, 3.63) is 22.1 Å². The van der Waals surface area contributed by atoms with Gasteiger partial charge in [-0.2, -0.15) is 0 Å². The van der Waals surface area contributed by atoms with E-state index in [2.05, 4.69) is 69.6 Å². The predicted octanol–water partition coefficient (Wildman–Crippen LogP) is 4.37. The van der Waals surface area contributed by atoms with Crippen LogP contribution >= 0.6 is 0 Å². The zero-order valence-electron chi connectivity index (χ0n) is 36.5. The number of anilines is 1. The Kier molecular flexibility index (Phi) is 23.0. The molecular weight excluding hydrogens is 750 g/mol. The summed E-state index contributed by atoms with van der Waals surface area (Å²) in [5, 5.41) is 16.5. The van der Waals surface area contributed by atoms with Crippen molar-refractivity contribution < 1.29 is 38.2 Å². The minimum Gasteiger partial charge on any atom is -0.449 e. The zero-order chi connectivity index (χ0) is 43.8. The fraction of sp³-hybridized carbons (Fsp3) is 0.775. The van der Waals surface area contributed by atoms with E-state index in [1.54, 1.807) is 6.92 Å². The summed E-state index contributed by atoms with van der Waals surface area (Å²) in [7, 11) is 0. The van der Waals surface area contributed by atoms with Crippen molar-refractivity contribution in [2.24, 2.45) is 16.6 Å². The first-order valence-corrected chi connectivity index (χ1v) is 20.4. The summed E-state index contributed by atoms with van der Waals surface area (Å²) in [4.78, 5) is 77.6. The predicted molar refractivity (Wildman–Crippen MR) is 223 cm³/mol. The second kappa shape index (κ2) is 25.8. The zero-order valence-corrected chi connectivity index (χ0v) is 36.5. The van der Waals surface area contributed by atoms with Gasteiger partial charge in [0.05, 0.1) is 37.6 Å². The van der Waals surface area contributed by atoms with Gasteiger partial charge in [-0.15, -0.1) is 0 Å². The van der Waals surface area contributed by atoms with E-state index in [9.17, 15) is 28.8 Å². The van der Waals surface area contributed by atoms with E-state index in [1.807, 2.05) is 27.7 Å². The van der Waals surface area contributed by atoms with Gasteiger partial charge >= 0.3 is 18.2 Å². The molecule has 1 unspecified atom stereocenters. The number of carbonyl (C=O) groups is 5. The molecule has 0 aromatic carbocycles. The van der Waals surface area contributed by atoms with Gasteiger partial charge in [0.1, 0.15) is 0 Å². The molecule has 7 amide bonds. The van der Waals surface area contributed by atoms with Crippen LogP contribution in [0.5, 0.6) is 0 Å². The Balaban J connectivity index is 2.21. The highest BCUT2D eigenvalue weighted by molar-refractivity contribution is 5.87. The molecular formula is C40H73N9O9. The summed E-state index contributed by atoms with van der Waals surface area (Å²) in [6.45, 7) is 20.5. The van der Waals surface area contributed by atoms with E-state index in [0.717, 1.165) is 44.9 Å². The molecule has 1 aromatic rings. The van der Waals surface area contributed by atoms with Crippen LogP contribution in [-0.4, -0.2) is 104 Å². The van der Waals surface area contributed by atoms with Crippen LogP contribution < -0.4 is 43.2 Å². The number of nitrogens with two attached hydrogens (primary N) is 1. The second-order valence-electron chi connectivity index (χ2n) is 17.2. The molecule has 58 heavy (non-hydrogen) atoms. The highest BCUT2D eigenvalue weighted by Crippen LogP contribution is 2.30. The van der Waals surface area contributed by atoms with Crippen molar-refractivity contribution in [2.75, 3.05) is 57.9 Å². The molecule has 0 spiro atoms. The molecule has 0 bridgehead atoms. The Hall–Kier alpha value is -4.45. The number of nitrogens with one attached hydrogen (secondary N) is 7. The van der Waals surface area contributed by atoms with Crippen molar-refractivity contribution in [3.63, 3.8) is 0 Å². The number of amides is 7. The number of hydrogen-bond donors (Lipinski definition) is 8. The standard InChI is InChI=1S/C40H73N9O9/c1-10-40(9,58-24-18-39(7,8)57-22-15-31(51)44-26-30(41)50)19-23-56-36(55)46-28-38(5,6)17-16-37(3,4)27-45-34(53)42-20-13-11-12-14-21-43-35(54)49-33-47-29(2)25-32(52)48-33/h25H,10-24,26-28H2,1-9H3,(H2,41,50)(H,44,51)(H,46,55)(H2,42,45,53)(H3,43,47,48,49,52,54). The van der Waals surface area contributed by atoms with Gasteiger partial charge in [0.15, 0.2) is 0 Å². The van der Waals surface area contributed by atoms with E-state index in [1.165, 1.54) is 6.07 Å². The van der Waals surface area contributed by atoms with Crippen molar-refractivity contribution >= 4 is 35.9 Å². The maximum Gasteiger partial charge on any atom is 0.407 e. The Morgan fingerprint density at radius 3 is 1.93 bits per heavy atom. The Labute approximate surface area is 344 Å². The highest BCUT2D eigenvalue weighted by Gasteiger charge is 2.28. The van der Waals surface area contributed by atoms with Gasteiger partial charge in [-0.1, -0.05) is 47.5 Å². The van der Waals surface area contributed by atoms with Crippen LogP contribution in [0.25, 0.3) is 0 Å². The number of nitrogens with zero attached hydrogens (tertiary/aromatic N) is 1. The van der Waals surface area contributed by atoms with Gasteiger partial charge in [-0.05, 0) is 77.0 Å². The Morgan fingerprint density at radius 1 is 0.741 bits per heavy atom. The summed E-state index contributed by atoms with van der Waals surface area (Å²) < 4.78 is 17.5. The molecule has 9 N–H and O–H groups in total. The third-order valence-corrected chi connectivity index (χ3v) is 9.74. The molecule has 0 aliphatic carbocycles. The monoisotopic (exact) mass is 824 g/mol. The third-order valence-electron chi connectivity index (χ3n) is 9.74. The topological polar surface area (TPSA) is 257 Å². The minimum absolute atomic E-state index is 0.104. The third kappa shape index (κ3) is 25.7. The second-order valence-corrected chi connectivity index (χ2v) is 17.2. The van der Waals surface area contributed by atoms with Crippen LogP contribution in [0.2, 0.25) is 0 Å². The lowest BCUT2D eigenvalue weighted by atomic mass is 9.79. The van der Waals surface area contributed by atoms with Crippen LogP contribution in [0, 0.1) is 17.8 Å². The Morgan fingerprint density at radius 2 is 1.34 bits per heavy atom. The quantitative estimate of drug-likeness (QED) is 0.0530. The number of H-pyrrole nitrogens is 1. The molecule has 1 heterocycles. The first kappa shape index (κ1) is 51.6. The smallest absolute Gasteiger partial charge is 0.407 e. The van der Waals surface area contributed by atoms with E-state index in [0.29, 0.717) is 51.3 Å². The fourth-order valence-corrected chi connectivity index (χ4v) is 5.42. The number of primary amides is 1. The summed E-state index contributed by atoms with van der Waals surface area (Å²) in [5.41, 5.74) is 3.85. The number of aryl methyl sites for hydroxylation is 1. The molecule has 18 nitrogen and oxygen atoms in total. The fourth-order valence-electron chi connectivity index (χ4n) is 5.42. The summed E-state index contributed by atoms with van der Waals surface area (Å²) >= 11 is 0. The number of aromatic amines is 1. The van der Waals surface area contributed by atoms with Crippen molar-refractivity contribution in [1.82, 2.24) is 36.6 Å². The maximum atomic E-state index is 12.6. The molecule has 1 atom stereocenters. The molecule has 0 fully saturated rings. The number of alkyl carbamates (subject to hydrolysis) is 1. The van der Waals surface area contributed by atoms with Gasteiger partial charge in [0.25, 0.3) is 5.56 Å². The normalized spacial score (nSPS) is 12.8. The summed E-state index contributed by atoms with van der Waals surface area (Å²) in [6, 6.07) is 0.698. The lowest BCUT2D eigenvalue weighted by Crippen LogP contribution is -2.41. The first-order chi connectivity index (χ1) is 27.0. The number of hydrogen-bond acceptors (Lipinski definition) is 10. The van der Waals surface area contributed by atoms with Crippen LogP contribution in [0.3, 0.4) is 0 Å². The number of urea groups is 2. The van der Waals surface area contributed by atoms with Crippen molar-refractivity contribution in [2.45, 2.75) is 138 Å². The molecule has 0 aliphatic heterocycles. The maximum absolute atomic E-state index is 12.6. The van der Waals surface area contributed by atoms with E-state index in [4.69, 9.17) is 19.9 Å². The van der Waals surface area contributed by atoms with Gasteiger partial charge in [-0.3, -0.25) is 24.7 Å². The lowest BCUT2D eigenvalue weighted by Gasteiger charge is -2.32. The van der Waals surface area contributed by atoms with Gasteiger partial charge < -0.3 is 46.5 Å². The highest BCUT2D eigenvalue weighted by atomic mass is 16.6. The molecule has 0 saturated heterocycles. The largest absolute Gasteiger partial charge is 0.449 e. The van der Waals surface area contributed by atoms with E-state index >= 15 is 0 Å². The molecule has 0 radical (unpaired) electrons. The van der Waals surface area contributed by atoms with Crippen molar-refractivity contribution in [1.29, 1.82) is 0 Å². The van der Waals surface area contributed by atoms with Gasteiger partial charge in [0, 0.05) is 50.8 Å². The molecule has 0 saturated carbocycles. The van der Waals surface area contributed by atoms with Crippen LogP contribution in [0.4, 0.5) is 20.3 Å². The molecule has 1 aromatic heterocycles. The number of ether oxygens (including phenoxy) is 3. The minimum atomic E-state index is -0.601. The first-order valence-electron chi connectivity index (χ1n) is 20.4. The lowest BCUT2D eigenvalue weighted by molar-refractivity contribution is -0.127. The summed E-state index contributed by atoms with van der Waals surface area (Å²) in [6.07, 6.45) is 6.52. The molecule has 1 rings (SSSR count).